The number of esters is 1. The van der Waals surface area contributed by atoms with E-state index in [2.05, 4.69) is 23.3 Å². The number of aryl methyl sites for hydroxylation is 1. The predicted octanol–water partition coefficient (Wildman–Crippen LogP) is 4.77. The molecular weight excluding hydrogens is 500 g/mol. The third-order valence-corrected chi connectivity index (χ3v) is 8.41. The molecule has 1 amide bonds. The van der Waals surface area contributed by atoms with Crippen molar-refractivity contribution in [3.63, 3.8) is 0 Å². The number of hydrogen-bond donors (Lipinski definition) is 1. The van der Waals surface area contributed by atoms with Gasteiger partial charge in [-0.15, -0.1) is 0 Å². The first kappa shape index (κ1) is 29.8. The van der Waals surface area contributed by atoms with Crippen LogP contribution in [0.15, 0.2) is 42.5 Å². The lowest BCUT2D eigenvalue weighted by Crippen LogP contribution is -2.42. The monoisotopic (exact) mass is 542 g/mol. The van der Waals surface area contributed by atoms with E-state index >= 15 is 0 Å². The van der Waals surface area contributed by atoms with Crippen molar-refractivity contribution in [2.24, 2.45) is 5.92 Å². The quantitative estimate of drug-likeness (QED) is 0.389. The van der Waals surface area contributed by atoms with Crippen molar-refractivity contribution in [3.8, 4) is 11.1 Å². The first-order valence-electron chi connectivity index (χ1n) is 13.5. The fourth-order valence-electron chi connectivity index (χ4n) is 5.21. The summed E-state index contributed by atoms with van der Waals surface area (Å²) in [5.74, 6) is -0.519. The van der Waals surface area contributed by atoms with Gasteiger partial charge in [0.1, 0.15) is 15.9 Å². The van der Waals surface area contributed by atoms with Gasteiger partial charge in [-0.1, -0.05) is 62.4 Å². The Morgan fingerprint density at radius 3 is 2.45 bits per heavy atom. The molecule has 2 aromatic rings. The van der Waals surface area contributed by atoms with E-state index in [1.165, 1.54) is 45.6 Å². The van der Waals surface area contributed by atoms with Gasteiger partial charge in [-0.3, -0.25) is 4.79 Å². The molecule has 1 saturated carbocycles. The molecule has 1 unspecified atom stereocenters. The minimum absolute atomic E-state index is 0.0547. The van der Waals surface area contributed by atoms with Gasteiger partial charge in [0.15, 0.2) is 0 Å². The molecule has 7 nitrogen and oxygen atoms in total. The third-order valence-electron chi connectivity index (χ3n) is 7.43. The number of benzene rings is 2. The summed E-state index contributed by atoms with van der Waals surface area (Å²) in [6.45, 7) is 3.81. The number of nitrogens with one attached hydrogen (secondary N) is 1. The maximum absolute atomic E-state index is 13.4. The van der Waals surface area contributed by atoms with Crippen LogP contribution in [-0.2, 0) is 25.9 Å². The maximum Gasteiger partial charge on any atom is 0.328 e. The summed E-state index contributed by atoms with van der Waals surface area (Å²) < 4.78 is 28.2. The lowest BCUT2D eigenvalue weighted by molar-refractivity contribution is -0.142. The molecule has 0 heterocycles. The van der Waals surface area contributed by atoms with Crippen LogP contribution in [0.5, 0.6) is 0 Å². The molecular formula is C30H42N2O5S. The first-order valence-corrected chi connectivity index (χ1v) is 15.6. The molecule has 38 heavy (non-hydrogen) atoms. The fraction of sp³-hybridized carbons (Fsp3) is 0.533. The van der Waals surface area contributed by atoms with Crippen LogP contribution in [0.25, 0.3) is 11.1 Å². The van der Waals surface area contributed by atoms with E-state index in [0.29, 0.717) is 5.56 Å². The Labute approximate surface area is 227 Å². The van der Waals surface area contributed by atoms with Crippen LogP contribution in [0.4, 0.5) is 0 Å². The zero-order valence-electron chi connectivity index (χ0n) is 23.2. The Morgan fingerprint density at radius 2 is 1.79 bits per heavy atom. The second kappa shape index (κ2) is 13.9. The minimum Gasteiger partial charge on any atom is -0.467 e. The van der Waals surface area contributed by atoms with E-state index in [4.69, 9.17) is 4.74 Å². The molecule has 1 atom stereocenters. The molecule has 0 aliphatic heterocycles. The van der Waals surface area contributed by atoms with Gasteiger partial charge in [-0.05, 0) is 73.7 Å². The van der Waals surface area contributed by atoms with Crippen LogP contribution in [0.2, 0.25) is 0 Å². The average Bonchev–Trinajstić information content (AvgIpc) is 2.89. The standard InChI is InChI=1S/C30H42N2O5S/c1-22-10-8-9-13-25(22)27-20-24(21-32(2)18-16-23-11-6-5-7-12-23)14-15-26(27)29(33)31-28(30(34)37-3)17-19-38(4,35)36/h8-10,13-15,20,23,28H,5-7,11-12,16-19,21H2,1-4H3,(H,31,33). The minimum atomic E-state index is -3.31. The van der Waals surface area contributed by atoms with Gasteiger partial charge in [-0.2, -0.15) is 0 Å². The summed E-state index contributed by atoms with van der Waals surface area (Å²) in [6, 6.07) is 12.6. The Morgan fingerprint density at radius 1 is 1.08 bits per heavy atom. The van der Waals surface area contributed by atoms with Crippen molar-refractivity contribution < 1.29 is 22.7 Å². The van der Waals surface area contributed by atoms with Crippen LogP contribution in [0.1, 0.15) is 66.4 Å². The number of amides is 1. The molecule has 0 saturated heterocycles. The van der Waals surface area contributed by atoms with Gasteiger partial charge >= 0.3 is 5.97 Å². The maximum atomic E-state index is 13.4. The number of sulfone groups is 1. The number of ether oxygens (including phenoxy) is 1. The summed E-state index contributed by atoms with van der Waals surface area (Å²) >= 11 is 0. The molecule has 0 spiro atoms. The summed E-state index contributed by atoms with van der Waals surface area (Å²) in [5.41, 5.74) is 4.29. The molecule has 0 radical (unpaired) electrons. The van der Waals surface area contributed by atoms with Crippen LogP contribution < -0.4 is 5.32 Å². The topological polar surface area (TPSA) is 92.8 Å². The summed E-state index contributed by atoms with van der Waals surface area (Å²) in [5, 5.41) is 2.71. The van der Waals surface area contributed by atoms with E-state index < -0.39 is 27.8 Å². The fourth-order valence-corrected chi connectivity index (χ4v) is 5.88. The number of methoxy groups -OCH3 is 1. The molecule has 3 rings (SSSR count). The lowest BCUT2D eigenvalue weighted by Gasteiger charge is -2.25. The molecule has 1 fully saturated rings. The lowest BCUT2D eigenvalue weighted by atomic mass is 9.87. The zero-order valence-corrected chi connectivity index (χ0v) is 24.0. The highest BCUT2D eigenvalue weighted by Gasteiger charge is 2.25. The summed E-state index contributed by atoms with van der Waals surface area (Å²) in [4.78, 5) is 28.1. The van der Waals surface area contributed by atoms with E-state index in [-0.39, 0.29) is 12.2 Å². The van der Waals surface area contributed by atoms with Crippen molar-refractivity contribution >= 4 is 21.7 Å². The number of rotatable bonds is 12. The van der Waals surface area contributed by atoms with E-state index in [1.54, 1.807) is 6.07 Å². The van der Waals surface area contributed by atoms with Crippen LogP contribution >= 0.6 is 0 Å². The molecule has 0 aromatic heterocycles. The van der Waals surface area contributed by atoms with E-state index in [0.717, 1.165) is 47.5 Å². The van der Waals surface area contributed by atoms with Gasteiger partial charge in [-0.25, -0.2) is 13.2 Å². The molecule has 1 aliphatic carbocycles. The van der Waals surface area contributed by atoms with Crippen LogP contribution in [0.3, 0.4) is 0 Å². The highest BCUT2D eigenvalue weighted by molar-refractivity contribution is 7.90. The van der Waals surface area contributed by atoms with E-state index in [9.17, 15) is 18.0 Å². The van der Waals surface area contributed by atoms with Gasteiger partial charge in [0.25, 0.3) is 5.91 Å². The van der Waals surface area contributed by atoms with Crippen molar-refractivity contribution in [1.82, 2.24) is 10.2 Å². The van der Waals surface area contributed by atoms with Gasteiger partial charge in [0, 0.05) is 18.4 Å². The van der Waals surface area contributed by atoms with Crippen molar-refractivity contribution in [3.05, 3.63) is 59.2 Å². The van der Waals surface area contributed by atoms with E-state index in [1.807, 2.05) is 37.3 Å². The smallest absolute Gasteiger partial charge is 0.328 e. The number of carbonyl (C=O) groups excluding carboxylic acids is 2. The molecule has 2 aromatic carbocycles. The third kappa shape index (κ3) is 8.95. The van der Waals surface area contributed by atoms with Crippen molar-refractivity contribution in [2.45, 2.75) is 64.5 Å². The first-order chi connectivity index (χ1) is 18.1. The summed E-state index contributed by atoms with van der Waals surface area (Å²) in [6.07, 6.45) is 9.00. The second-order valence-corrected chi connectivity index (χ2v) is 13.0. The number of carbonyl (C=O) groups is 2. The highest BCUT2D eigenvalue weighted by Crippen LogP contribution is 2.29. The normalized spacial score (nSPS) is 15.3. The van der Waals surface area contributed by atoms with Crippen LogP contribution in [0, 0.1) is 12.8 Å². The Hall–Kier alpha value is -2.71. The second-order valence-electron chi connectivity index (χ2n) is 10.7. The largest absolute Gasteiger partial charge is 0.467 e. The molecule has 208 valence electrons. The van der Waals surface area contributed by atoms with Crippen LogP contribution in [-0.4, -0.2) is 63.9 Å². The zero-order chi connectivity index (χ0) is 27.7. The number of nitrogens with zero attached hydrogens (tertiary/aromatic N) is 1. The Balaban J connectivity index is 1.82. The Bertz CT molecular complexity index is 1200. The SMILES string of the molecule is COC(=O)C(CCS(C)(=O)=O)NC(=O)c1ccc(CN(C)CCC2CCCCC2)cc1-c1ccccc1C. The van der Waals surface area contributed by atoms with Crippen molar-refractivity contribution in [1.29, 1.82) is 0 Å². The highest BCUT2D eigenvalue weighted by atomic mass is 32.2. The van der Waals surface area contributed by atoms with Gasteiger partial charge in [0.05, 0.1) is 12.9 Å². The average molecular weight is 543 g/mol. The Kier molecular flexibility index (Phi) is 10.9. The predicted molar refractivity (Wildman–Crippen MR) is 152 cm³/mol. The molecule has 0 bridgehead atoms. The molecule has 1 N–H and O–H groups in total. The van der Waals surface area contributed by atoms with Gasteiger partial charge < -0.3 is 15.0 Å². The number of hydrogen-bond acceptors (Lipinski definition) is 6. The summed E-state index contributed by atoms with van der Waals surface area (Å²) in [7, 11) is 0.0497. The van der Waals surface area contributed by atoms with Gasteiger partial charge in [0.2, 0.25) is 0 Å². The molecule has 1 aliphatic rings. The molecule has 8 heteroatoms. The van der Waals surface area contributed by atoms with Crippen molar-refractivity contribution in [2.75, 3.05) is 32.7 Å².